The number of sulfonamides is 1. The molecule has 1 aliphatic rings. The first-order chi connectivity index (χ1) is 11.5. The number of thioether (sulfide) groups is 1. The van der Waals surface area contributed by atoms with Crippen LogP contribution >= 0.6 is 11.8 Å². The van der Waals surface area contributed by atoms with Crippen molar-refractivity contribution in [1.82, 2.24) is 0 Å². The Bertz CT molecular complexity index is 915. The molecule has 7 heteroatoms. The summed E-state index contributed by atoms with van der Waals surface area (Å²) >= 11 is 2.66. The van der Waals surface area contributed by atoms with Crippen molar-refractivity contribution in [3.63, 3.8) is 0 Å². The molecule has 0 saturated heterocycles. The predicted molar refractivity (Wildman–Crippen MR) is 104 cm³/mol. The van der Waals surface area contributed by atoms with Crippen LogP contribution in [-0.2, 0) is 21.2 Å². The number of hydrogen-bond donors (Lipinski definition) is 1. The molecule has 1 N–H and O–H groups in total. The van der Waals surface area contributed by atoms with Gasteiger partial charge in [-0.05, 0) is 42.7 Å². The SMILES string of the molecule is CCC1Nc2ccccc2C(=S=NS(=O)(=O)c2ccc(C)cc2)S1. The summed E-state index contributed by atoms with van der Waals surface area (Å²) in [6.07, 6.45) is 0.938. The van der Waals surface area contributed by atoms with Gasteiger partial charge in [-0.3, -0.25) is 0 Å². The lowest BCUT2D eigenvalue weighted by Crippen LogP contribution is -2.23. The van der Waals surface area contributed by atoms with Crippen molar-refractivity contribution < 1.29 is 8.42 Å². The van der Waals surface area contributed by atoms with Gasteiger partial charge in [-0.15, -0.1) is 0 Å². The molecule has 1 aliphatic heterocycles. The number of rotatable bonds is 3. The zero-order valence-electron chi connectivity index (χ0n) is 13.4. The molecule has 24 heavy (non-hydrogen) atoms. The van der Waals surface area contributed by atoms with Crippen LogP contribution in [0, 0.1) is 6.92 Å². The number of nitrogens with zero attached hydrogens (tertiary/aromatic N) is 1. The van der Waals surface area contributed by atoms with Gasteiger partial charge < -0.3 is 5.32 Å². The largest absolute Gasteiger partial charge is 0.372 e. The summed E-state index contributed by atoms with van der Waals surface area (Å²) in [5.41, 5.74) is 3.04. The predicted octanol–water partition coefficient (Wildman–Crippen LogP) is 4.02. The van der Waals surface area contributed by atoms with E-state index in [0.29, 0.717) is 0 Å². The van der Waals surface area contributed by atoms with Crippen LogP contribution in [0.1, 0.15) is 24.5 Å². The Hall–Kier alpha value is -1.57. The first-order valence-corrected chi connectivity index (χ1v) is 10.7. The molecule has 1 heterocycles. The fourth-order valence-electron chi connectivity index (χ4n) is 2.27. The van der Waals surface area contributed by atoms with Gasteiger partial charge in [0.15, 0.2) is 0 Å². The van der Waals surface area contributed by atoms with Crippen molar-refractivity contribution in [2.75, 3.05) is 5.32 Å². The van der Waals surface area contributed by atoms with E-state index in [1.807, 2.05) is 31.2 Å². The molecule has 3 rings (SSSR count). The fourth-order valence-corrected chi connectivity index (χ4v) is 5.75. The maximum atomic E-state index is 12.4. The summed E-state index contributed by atoms with van der Waals surface area (Å²) < 4.78 is 29.7. The first-order valence-electron chi connectivity index (χ1n) is 7.60. The number of hydrogen-bond acceptors (Lipinski definition) is 4. The van der Waals surface area contributed by atoms with Gasteiger partial charge in [-0.25, -0.2) is 0 Å². The normalized spacial score (nSPS) is 16.9. The van der Waals surface area contributed by atoms with Crippen molar-refractivity contribution in [1.29, 1.82) is 0 Å². The second kappa shape index (κ2) is 7.13. The fraction of sp³-hybridized carbons (Fsp3) is 0.235. The number of para-hydroxylation sites is 1. The van der Waals surface area contributed by atoms with Gasteiger partial charge >= 0.3 is 0 Å². The number of fused-ring (bicyclic) bond motifs is 1. The highest BCUT2D eigenvalue weighted by molar-refractivity contribution is 8.22. The molecule has 0 spiro atoms. The Kier molecular flexibility index (Phi) is 5.12. The van der Waals surface area contributed by atoms with Crippen LogP contribution in [0.4, 0.5) is 5.69 Å². The lowest BCUT2D eigenvalue weighted by molar-refractivity contribution is 0.598. The van der Waals surface area contributed by atoms with E-state index in [-0.39, 0.29) is 10.3 Å². The Morgan fingerprint density at radius 3 is 2.58 bits per heavy atom. The molecule has 1 unspecified atom stereocenters. The van der Waals surface area contributed by atoms with E-state index >= 15 is 0 Å². The highest BCUT2D eigenvalue weighted by Gasteiger charge is 2.21. The molecule has 0 aromatic heterocycles. The van der Waals surface area contributed by atoms with Crippen LogP contribution in [0.15, 0.2) is 57.2 Å². The number of anilines is 1. The van der Waals surface area contributed by atoms with E-state index in [1.165, 1.54) is 0 Å². The summed E-state index contributed by atoms with van der Waals surface area (Å²) in [7, 11) is -3.67. The highest BCUT2D eigenvalue weighted by Crippen LogP contribution is 2.32. The summed E-state index contributed by atoms with van der Waals surface area (Å²) in [5.74, 6) is 0. The molecule has 2 aromatic rings. The lowest BCUT2D eigenvalue weighted by Gasteiger charge is -2.26. The van der Waals surface area contributed by atoms with E-state index in [0.717, 1.165) is 38.6 Å². The second-order valence-corrected chi connectivity index (χ2v) is 9.53. The molecule has 0 aliphatic carbocycles. The zero-order valence-corrected chi connectivity index (χ0v) is 15.8. The standard InChI is InChI=1S/C17H18N2O2S3/c1-3-16-18-15-7-5-4-6-14(15)17(22-16)23-19-24(20,21)13-10-8-12(2)9-11-13/h4-11,16,18H,3H2,1-2H3. The molecular formula is C17H18N2O2S3. The molecule has 1 atom stereocenters. The van der Waals surface area contributed by atoms with E-state index in [9.17, 15) is 8.42 Å². The highest BCUT2D eigenvalue weighted by atomic mass is 32.2. The van der Waals surface area contributed by atoms with E-state index in [2.05, 4.69) is 16.0 Å². The minimum Gasteiger partial charge on any atom is -0.372 e. The molecule has 2 aromatic carbocycles. The van der Waals surface area contributed by atoms with Crippen LogP contribution in [-0.4, -0.2) is 18.0 Å². The Labute approximate surface area is 150 Å². The third-order valence-electron chi connectivity index (χ3n) is 3.62. The maximum Gasteiger partial charge on any atom is 0.292 e. The molecule has 126 valence electrons. The summed E-state index contributed by atoms with van der Waals surface area (Å²) in [5, 5.41) is 3.67. The monoisotopic (exact) mass is 378 g/mol. The van der Waals surface area contributed by atoms with Crippen LogP contribution in [0.2, 0.25) is 0 Å². The van der Waals surface area contributed by atoms with Gasteiger partial charge in [0.05, 0.1) is 14.5 Å². The average Bonchev–Trinajstić information content (AvgIpc) is 2.59. The summed E-state index contributed by atoms with van der Waals surface area (Å²) in [6.45, 7) is 4.02. The van der Waals surface area contributed by atoms with Crippen LogP contribution in [0.3, 0.4) is 0 Å². The number of nitrogens with one attached hydrogen (secondary N) is 1. The van der Waals surface area contributed by atoms with Crippen LogP contribution in [0.5, 0.6) is 0 Å². The molecular weight excluding hydrogens is 360 g/mol. The third-order valence-corrected chi connectivity index (χ3v) is 7.64. The van der Waals surface area contributed by atoms with Crippen molar-refractivity contribution in [3.8, 4) is 0 Å². The summed E-state index contributed by atoms with van der Waals surface area (Å²) in [6, 6.07) is 14.7. The number of aryl methyl sites for hydroxylation is 1. The van der Waals surface area contributed by atoms with E-state index in [1.54, 1.807) is 36.0 Å². The molecule has 0 bridgehead atoms. The summed E-state index contributed by atoms with van der Waals surface area (Å²) in [4.78, 5) is 0.223. The van der Waals surface area contributed by atoms with Gasteiger partial charge in [0.2, 0.25) is 0 Å². The van der Waals surface area contributed by atoms with Crippen molar-refractivity contribution in [3.05, 3.63) is 59.7 Å². The van der Waals surface area contributed by atoms with Crippen molar-refractivity contribution >= 4 is 42.8 Å². The van der Waals surface area contributed by atoms with Gasteiger partial charge in [0.1, 0.15) is 0 Å². The average molecular weight is 379 g/mol. The minimum absolute atomic E-state index is 0.222. The third kappa shape index (κ3) is 3.74. The minimum atomic E-state index is -3.67. The van der Waals surface area contributed by atoms with Crippen LogP contribution in [0.25, 0.3) is 0 Å². The van der Waals surface area contributed by atoms with Gasteiger partial charge in [-0.2, -0.15) is 8.42 Å². The van der Waals surface area contributed by atoms with Crippen LogP contribution < -0.4 is 5.32 Å². The molecule has 0 radical (unpaired) electrons. The Morgan fingerprint density at radius 2 is 1.88 bits per heavy atom. The van der Waals surface area contributed by atoms with Gasteiger partial charge in [0, 0.05) is 11.3 Å². The topological polar surface area (TPSA) is 58.5 Å². The zero-order chi connectivity index (χ0) is 17.2. The van der Waals surface area contributed by atoms with Gasteiger partial charge in [0.25, 0.3) is 10.0 Å². The first kappa shape index (κ1) is 17.3. The Balaban J connectivity index is 2.03. The molecule has 0 saturated carbocycles. The molecule has 0 amide bonds. The van der Waals surface area contributed by atoms with Crippen molar-refractivity contribution in [2.45, 2.75) is 30.5 Å². The van der Waals surface area contributed by atoms with Crippen molar-refractivity contribution in [2.24, 2.45) is 3.77 Å². The molecule has 4 nitrogen and oxygen atoms in total. The quantitative estimate of drug-likeness (QED) is 0.820. The van der Waals surface area contributed by atoms with E-state index < -0.39 is 10.0 Å². The van der Waals surface area contributed by atoms with E-state index in [4.69, 9.17) is 0 Å². The number of benzene rings is 2. The lowest BCUT2D eigenvalue weighted by atomic mass is 10.2. The maximum absolute atomic E-state index is 12.4. The Morgan fingerprint density at radius 1 is 1.17 bits per heavy atom. The second-order valence-electron chi connectivity index (χ2n) is 5.45. The molecule has 0 fully saturated rings. The van der Waals surface area contributed by atoms with Gasteiger partial charge in [-0.1, -0.05) is 58.3 Å². The smallest absolute Gasteiger partial charge is 0.292 e.